The Kier molecular flexibility index (Phi) is 8.62. The van der Waals surface area contributed by atoms with Gasteiger partial charge in [0.25, 0.3) is 5.56 Å². The number of hydrogen-bond donors (Lipinski definition) is 1. The summed E-state index contributed by atoms with van der Waals surface area (Å²) in [6, 6.07) is 22.5. The number of carbonyl (C=O) groups is 2. The highest BCUT2D eigenvalue weighted by Crippen LogP contribution is 2.41. The summed E-state index contributed by atoms with van der Waals surface area (Å²) < 4.78 is 7.19. The van der Waals surface area contributed by atoms with Crippen LogP contribution in [0, 0.1) is 5.41 Å². The largest absolute Gasteiger partial charge is 0.444 e. The molecule has 1 N–H and O–H groups in total. The molecule has 44 heavy (non-hydrogen) atoms. The number of piperidine rings is 1. The van der Waals surface area contributed by atoms with Crippen LogP contribution >= 0.6 is 0 Å². The van der Waals surface area contributed by atoms with E-state index in [9.17, 15) is 19.5 Å². The van der Waals surface area contributed by atoms with Crippen LogP contribution in [0.4, 0.5) is 9.59 Å². The van der Waals surface area contributed by atoms with Gasteiger partial charge < -0.3 is 29.1 Å². The van der Waals surface area contributed by atoms with Crippen molar-refractivity contribution in [1.82, 2.24) is 19.3 Å². The van der Waals surface area contributed by atoms with Gasteiger partial charge in [0.1, 0.15) is 5.60 Å². The fourth-order valence-electron chi connectivity index (χ4n) is 6.19. The molecule has 2 saturated heterocycles. The smallest absolute Gasteiger partial charge is 0.410 e. The standard InChI is InChI=1S/C35H44N4O5/c1-33(2,3)44-32(42)36-20-21-39(29(23-36)27-14-10-7-11-15-27)31(41)38-19-17-35(43,34(4,5)24-38)25-37-18-16-28(22-30(37)40)26-12-8-6-9-13-26/h6-16,18,22,29,43H,17,19-21,23-25H2,1-5H3/t29-,35+/m0/s1. The molecule has 0 unspecified atom stereocenters. The van der Waals surface area contributed by atoms with Crippen LogP contribution in [0.5, 0.6) is 0 Å². The predicted molar refractivity (Wildman–Crippen MR) is 170 cm³/mol. The molecule has 0 bridgehead atoms. The number of urea groups is 1. The normalized spacial score (nSPS) is 22.0. The number of pyridine rings is 1. The van der Waals surface area contributed by atoms with Crippen LogP contribution in [0.1, 0.15) is 52.6 Å². The first kappa shape index (κ1) is 31.3. The number of likely N-dealkylation sites (tertiary alicyclic amines) is 1. The lowest BCUT2D eigenvalue weighted by atomic mass is 9.70. The van der Waals surface area contributed by atoms with Crippen molar-refractivity contribution in [3.8, 4) is 11.1 Å². The summed E-state index contributed by atoms with van der Waals surface area (Å²) in [5.41, 5.74) is 0.0524. The highest BCUT2D eigenvalue weighted by Gasteiger charge is 2.50. The highest BCUT2D eigenvalue weighted by atomic mass is 16.6. The molecule has 2 fully saturated rings. The van der Waals surface area contributed by atoms with Gasteiger partial charge in [-0.1, -0.05) is 74.5 Å². The lowest BCUT2D eigenvalue weighted by Gasteiger charge is -2.52. The molecule has 2 aromatic carbocycles. The van der Waals surface area contributed by atoms with Gasteiger partial charge in [0.15, 0.2) is 0 Å². The van der Waals surface area contributed by atoms with E-state index < -0.39 is 16.6 Å². The Morgan fingerprint density at radius 3 is 2.18 bits per heavy atom. The first-order valence-corrected chi connectivity index (χ1v) is 15.3. The third kappa shape index (κ3) is 6.68. The van der Waals surface area contributed by atoms with Crippen LogP contribution in [-0.4, -0.2) is 80.4 Å². The first-order valence-electron chi connectivity index (χ1n) is 15.3. The molecule has 3 amide bonds. The summed E-state index contributed by atoms with van der Waals surface area (Å²) in [6.07, 6.45) is 1.68. The first-order chi connectivity index (χ1) is 20.8. The second kappa shape index (κ2) is 12.1. The number of aliphatic hydroxyl groups is 1. The van der Waals surface area contributed by atoms with Crippen LogP contribution in [0.15, 0.2) is 83.8 Å². The molecule has 2 aliphatic rings. The van der Waals surface area contributed by atoms with Crippen LogP contribution < -0.4 is 5.56 Å². The number of amides is 3. The van der Waals surface area contributed by atoms with Crippen LogP contribution in [0.25, 0.3) is 11.1 Å². The maximum absolute atomic E-state index is 14.1. The van der Waals surface area contributed by atoms with Gasteiger partial charge in [-0.05, 0) is 49.9 Å². The number of carbonyl (C=O) groups excluding carboxylic acids is 2. The molecular weight excluding hydrogens is 556 g/mol. The average molecular weight is 601 g/mol. The predicted octanol–water partition coefficient (Wildman–Crippen LogP) is 5.39. The topological polar surface area (TPSA) is 95.3 Å². The van der Waals surface area contributed by atoms with E-state index in [2.05, 4.69) is 0 Å². The molecule has 0 aliphatic carbocycles. The zero-order valence-electron chi connectivity index (χ0n) is 26.4. The van der Waals surface area contributed by atoms with Crippen LogP contribution in [-0.2, 0) is 11.3 Å². The molecule has 3 aromatic rings. The molecule has 0 radical (unpaired) electrons. The molecule has 3 heterocycles. The third-order valence-corrected chi connectivity index (χ3v) is 8.91. The van der Waals surface area contributed by atoms with E-state index in [1.165, 1.54) is 0 Å². The molecule has 2 aliphatic heterocycles. The van der Waals surface area contributed by atoms with E-state index >= 15 is 0 Å². The summed E-state index contributed by atoms with van der Waals surface area (Å²) in [7, 11) is 0. The fourth-order valence-corrected chi connectivity index (χ4v) is 6.19. The minimum atomic E-state index is -1.20. The van der Waals surface area contributed by atoms with Gasteiger partial charge in [-0.25, -0.2) is 9.59 Å². The Labute approximate surface area is 259 Å². The van der Waals surface area contributed by atoms with Crippen molar-refractivity contribution >= 4 is 12.1 Å². The molecule has 234 valence electrons. The minimum Gasteiger partial charge on any atom is -0.444 e. The second-order valence-electron chi connectivity index (χ2n) is 13.7. The van der Waals surface area contributed by atoms with E-state index in [0.29, 0.717) is 39.1 Å². The fraction of sp³-hybridized carbons (Fsp3) is 0.457. The van der Waals surface area contributed by atoms with Gasteiger partial charge >= 0.3 is 12.1 Å². The zero-order chi connectivity index (χ0) is 31.7. The minimum absolute atomic E-state index is 0.123. The lowest BCUT2D eigenvalue weighted by molar-refractivity contribution is -0.123. The summed E-state index contributed by atoms with van der Waals surface area (Å²) >= 11 is 0. The number of ether oxygens (including phenoxy) is 1. The van der Waals surface area contributed by atoms with Crippen molar-refractivity contribution in [3.63, 3.8) is 0 Å². The Bertz CT molecular complexity index is 1530. The van der Waals surface area contributed by atoms with Gasteiger partial charge in [-0.3, -0.25) is 4.79 Å². The Morgan fingerprint density at radius 2 is 1.57 bits per heavy atom. The molecule has 5 rings (SSSR count). The second-order valence-corrected chi connectivity index (χ2v) is 13.7. The maximum Gasteiger partial charge on any atom is 0.410 e. The van der Waals surface area contributed by atoms with Crippen molar-refractivity contribution < 1.29 is 19.4 Å². The van der Waals surface area contributed by atoms with Gasteiger partial charge in [-0.2, -0.15) is 0 Å². The molecule has 1 aromatic heterocycles. The summed E-state index contributed by atoms with van der Waals surface area (Å²) in [5.74, 6) is 0. The van der Waals surface area contributed by atoms with E-state index in [1.54, 1.807) is 26.6 Å². The van der Waals surface area contributed by atoms with Gasteiger partial charge in [-0.15, -0.1) is 0 Å². The monoisotopic (exact) mass is 600 g/mol. The Hall–Kier alpha value is -4.11. The maximum atomic E-state index is 14.1. The number of nitrogens with zero attached hydrogens (tertiary/aromatic N) is 4. The molecule has 0 saturated carbocycles. The van der Waals surface area contributed by atoms with Crippen molar-refractivity contribution in [1.29, 1.82) is 0 Å². The molecule has 9 nitrogen and oxygen atoms in total. The van der Waals surface area contributed by atoms with Gasteiger partial charge in [0.2, 0.25) is 0 Å². The SMILES string of the molecule is CC(C)(C)OC(=O)N1CCN(C(=O)N2CC[C@@](O)(Cn3ccc(-c4ccccc4)cc3=O)C(C)(C)C2)[C@H](c2ccccc2)C1. The Morgan fingerprint density at radius 1 is 0.909 bits per heavy atom. The van der Waals surface area contributed by atoms with Crippen molar-refractivity contribution in [3.05, 3.63) is 94.9 Å². The quantitative estimate of drug-likeness (QED) is 0.433. The number of benzene rings is 2. The number of piperazine rings is 1. The van der Waals surface area contributed by atoms with Crippen molar-refractivity contribution in [2.75, 3.05) is 32.7 Å². The Balaban J connectivity index is 1.31. The number of hydrogen-bond acceptors (Lipinski definition) is 5. The number of aromatic nitrogens is 1. The van der Waals surface area contributed by atoms with E-state index in [0.717, 1.165) is 16.7 Å². The van der Waals surface area contributed by atoms with Crippen molar-refractivity contribution in [2.45, 2.75) is 64.8 Å². The van der Waals surface area contributed by atoms with Crippen LogP contribution in [0.2, 0.25) is 0 Å². The van der Waals surface area contributed by atoms with E-state index in [1.807, 2.05) is 106 Å². The highest BCUT2D eigenvalue weighted by molar-refractivity contribution is 5.76. The third-order valence-electron chi connectivity index (χ3n) is 8.91. The van der Waals surface area contributed by atoms with Crippen LogP contribution in [0.3, 0.4) is 0 Å². The van der Waals surface area contributed by atoms with E-state index in [-0.39, 0.29) is 30.3 Å². The lowest BCUT2D eigenvalue weighted by Crippen LogP contribution is -2.63. The molecule has 0 spiro atoms. The summed E-state index contributed by atoms with van der Waals surface area (Å²) in [5, 5.41) is 11.9. The molecule has 9 heteroatoms. The zero-order valence-corrected chi connectivity index (χ0v) is 26.4. The summed E-state index contributed by atoms with van der Waals surface area (Å²) in [4.78, 5) is 45.4. The van der Waals surface area contributed by atoms with Crippen molar-refractivity contribution in [2.24, 2.45) is 5.41 Å². The van der Waals surface area contributed by atoms with Gasteiger partial charge in [0, 0.05) is 50.4 Å². The van der Waals surface area contributed by atoms with Gasteiger partial charge in [0.05, 0.1) is 18.2 Å². The molecule has 2 atom stereocenters. The summed E-state index contributed by atoms with van der Waals surface area (Å²) in [6.45, 7) is 11.3. The average Bonchev–Trinajstić information content (AvgIpc) is 2.99. The molecular formula is C35H44N4O5. The van der Waals surface area contributed by atoms with E-state index in [4.69, 9.17) is 4.74 Å². The number of rotatable bonds is 4.